The lowest BCUT2D eigenvalue weighted by molar-refractivity contribution is 0.590. The van der Waals surface area contributed by atoms with E-state index in [2.05, 4.69) is 223 Å². The molecule has 87 heavy (non-hydrogen) atoms. The summed E-state index contributed by atoms with van der Waals surface area (Å²) in [7, 11) is 0. The fraction of sp³-hybridized carbons (Fsp3) is 0.0488. The van der Waals surface area contributed by atoms with E-state index in [9.17, 15) is 6.85 Å². The standard InChI is InChI=1S/C82H59BN4/c1-82(2,3)62-50-79-81-80(51-62)87(66-47-60(56-27-12-6-13-28-56)45-61(48-66)57-29-14-7-15-30-57)77-49-59(55-25-10-5-11-26-55)39-42-71(77)83(81)72-43-40-65(53-78(72)86(79)63-32-22-31-58(46-63)54-23-8-4-9-24-54)85-75-38-21-18-35-69(75)70-52-64(41-44-76(70)85)84-73-36-19-16-33-67(73)68-34-17-20-37-74(68)84/h4-53H,1-3H3/i5D,10D,11D,18D,21D,25D,26D,35D,38D. The van der Waals surface area contributed by atoms with E-state index in [1.165, 1.54) is 0 Å². The maximum atomic E-state index is 9.85. The Labute approximate surface area is 520 Å². The number of rotatable bonds is 8. The Hall–Kier alpha value is -10.9. The molecule has 0 spiro atoms. The minimum Gasteiger partial charge on any atom is -0.311 e. The molecule has 0 saturated heterocycles. The summed E-state index contributed by atoms with van der Waals surface area (Å²) in [5.41, 5.74) is 20.1. The van der Waals surface area contributed by atoms with E-state index in [1.807, 2.05) is 65.2 Å². The Bertz CT molecular complexity index is 5640. The van der Waals surface area contributed by atoms with E-state index in [0.29, 0.717) is 33.1 Å². The minimum absolute atomic E-state index is 0.103. The van der Waals surface area contributed by atoms with E-state index in [-0.39, 0.29) is 41.8 Å². The van der Waals surface area contributed by atoms with Crippen LogP contribution in [0.4, 0.5) is 34.1 Å². The van der Waals surface area contributed by atoms with Crippen molar-refractivity contribution in [2.75, 3.05) is 9.80 Å². The highest BCUT2D eigenvalue weighted by atomic mass is 15.2. The molecule has 15 aromatic rings. The van der Waals surface area contributed by atoms with Crippen molar-refractivity contribution >= 4 is 101 Å². The van der Waals surface area contributed by atoms with E-state index >= 15 is 0 Å². The van der Waals surface area contributed by atoms with Crippen molar-refractivity contribution in [2.45, 2.75) is 26.2 Å². The fourth-order valence-electron chi connectivity index (χ4n) is 13.8. The number of nitrogens with zero attached hydrogens (tertiary/aromatic N) is 4. The van der Waals surface area contributed by atoms with E-state index < -0.39 is 30.3 Å². The van der Waals surface area contributed by atoms with Crippen molar-refractivity contribution < 1.29 is 12.3 Å². The molecule has 0 fully saturated rings. The van der Waals surface area contributed by atoms with Gasteiger partial charge in [0.25, 0.3) is 6.71 Å². The van der Waals surface area contributed by atoms with Gasteiger partial charge in [-0.25, -0.2) is 0 Å². The van der Waals surface area contributed by atoms with Crippen LogP contribution >= 0.6 is 0 Å². The van der Waals surface area contributed by atoms with Crippen molar-refractivity contribution in [1.82, 2.24) is 9.13 Å². The van der Waals surface area contributed by atoms with Gasteiger partial charge in [-0.1, -0.05) is 227 Å². The highest BCUT2D eigenvalue weighted by molar-refractivity contribution is 7.00. The molecule has 2 aromatic heterocycles. The second-order valence-electron chi connectivity index (χ2n) is 23.8. The van der Waals surface area contributed by atoms with Gasteiger partial charge in [0.15, 0.2) is 0 Å². The van der Waals surface area contributed by atoms with Gasteiger partial charge >= 0.3 is 0 Å². The van der Waals surface area contributed by atoms with Gasteiger partial charge in [-0.15, -0.1) is 0 Å². The van der Waals surface area contributed by atoms with Crippen LogP contribution < -0.4 is 26.2 Å². The topological polar surface area (TPSA) is 16.3 Å². The average Bonchev–Trinajstić information content (AvgIpc) is 0.812. The number of hydrogen-bond donors (Lipinski definition) is 0. The molecule has 4 nitrogen and oxygen atoms in total. The highest BCUT2D eigenvalue weighted by Gasteiger charge is 2.45. The third kappa shape index (κ3) is 8.22. The van der Waals surface area contributed by atoms with Gasteiger partial charge in [0.05, 0.1) is 34.4 Å². The molecule has 2 aliphatic rings. The van der Waals surface area contributed by atoms with Crippen LogP contribution in [-0.4, -0.2) is 15.8 Å². The molecule has 0 atom stereocenters. The summed E-state index contributed by atoms with van der Waals surface area (Å²) in [5.74, 6) is 0. The third-order valence-corrected chi connectivity index (χ3v) is 17.8. The molecule has 13 aromatic carbocycles. The molecule has 0 amide bonds. The molecule has 0 saturated carbocycles. The predicted octanol–water partition coefficient (Wildman–Crippen LogP) is 19.9. The first-order valence-electron chi connectivity index (χ1n) is 34.1. The van der Waals surface area contributed by atoms with Crippen LogP contribution in [0.3, 0.4) is 0 Å². The van der Waals surface area contributed by atoms with Crippen LogP contribution in [-0.2, 0) is 5.41 Å². The van der Waals surface area contributed by atoms with Gasteiger partial charge in [0.2, 0.25) is 0 Å². The summed E-state index contributed by atoms with van der Waals surface area (Å²) in [5, 5.41) is 3.29. The number of aromatic nitrogens is 2. The summed E-state index contributed by atoms with van der Waals surface area (Å²) in [6.07, 6.45) is 0. The van der Waals surface area contributed by atoms with Crippen molar-refractivity contribution in [3.8, 4) is 55.9 Å². The molecule has 0 bridgehead atoms. The zero-order chi connectivity index (χ0) is 65.7. The Morgan fingerprint density at radius 3 is 1.45 bits per heavy atom. The molecule has 0 radical (unpaired) electrons. The zero-order valence-corrected chi connectivity index (χ0v) is 48.0. The molecular formula is C82H59BN4. The number of benzene rings is 13. The molecule has 2 aliphatic heterocycles. The largest absolute Gasteiger partial charge is 0.311 e. The molecule has 410 valence electrons. The summed E-state index contributed by atoms with van der Waals surface area (Å²) < 4.78 is 87.4. The summed E-state index contributed by atoms with van der Waals surface area (Å²) in [6.45, 7) is 6.22. The summed E-state index contributed by atoms with van der Waals surface area (Å²) in [6, 6.07) is 83.6. The lowest BCUT2D eigenvalue weighted by Gasteiger charge is -2.45. The molecule has 17 rings (SSSR count). The minimum atomic E-state index is -0.461. The second-order valence-corrected chi connectivity index (χ2v) is 23.8. The van der Waals surface area contributed by atoms with Crippen LogP contribution in [0.15, 0.2) is 303 Å². The third-order valence-electron chi connectivity index (χ3n) is 17.8. The second kappa shape index (κ2) is 19.9. The van der Waals surface area contributed by atoms with Crippen molar-refractivity contribution in [3.63, 3.8) is 0 Å². The van der Waals surface area contributed by atoms with Crippen LogP contribution in [0.25, 0.3) is 99.5 Å². The van der Waals surface area contributed by atoms with E-state index in [1.54, 1.807) is 0 Å². The van der Waals surface area contributed by atoms with Gasteiger partial charge in [-0.05, 0) is 169 Å². The monoisotopic (exact) mass is 1120 g/mol. The average molecular weight is 1120 g/mol. The van der Waals surface area contributed by atoms with Gasteiger partial charge in [-0.3, -0.25) is 0 Å². The first kappa shape index (κ1) is 42.0. The Morgan fingerprint density at radius 1 is 0.299 bits per heavy atom. The fourth-order valence-corrected chi connectivity index (χ4v) is 13.8. The molecular weight excluding hydrogens is 1050 g/mol. The quantitative estimate of drug-likeness (QED) is 0.141. The Kier molecular flexibility index (Phi) is 9.60. The molecule has 0 N–H and O–H groups in total. The van der Waals surface area contributed by atoms with Crippen molar-refractivity contribution in [1.29, 1.82) is 0 Å². The number of anilines is 6. The van der Waals surface area contributed by atoms with Gasteiger partial charge in [-0.2, -0.15) is 0 Å². The molecule has 5 heteroatoms. The van der Waals surface area contributed by atoms with Gasteiger partial charge in [0, 0.05) is 67.0 Å². The highest BCUT2D eigenvalue weighted by Crippen LogP contribution is 2.49. The van der Waals surface area contributed by atoms with Crippen LogP contribution in [0.2, 0.25) is 0 Å². The molecule has 0 aliphatic carbocycles. The zero-order valence-electron chi connectivity index (χ0n) is 57.0. The first-order chi connectivity index (χ1) is 46.5. The number of hydrogen-bond acceptors (Lipinski definition) is 2. The summed E-state index contributed by atoms with van der Waals surface area (Å²) >= 11 is 0. The number of fused-ring (bicyclic) bond motifs is 10. The lowest BCUT2D eigenvalue weighted by Crippen LogP contribution is -2.61. The van der Waals surface area contributed by atoms with Gasteiger partial charge in [0.1, 0.15) is 0 Å². The van der Waals surface area contributed by atoms with Gasteiger partial charge < -0.3 is 18.9 Å². The number of para-hydroxylation sites is 3. The molecule has 4 heterocycles. The Morgan fingerprint density at radius 2 is 0.793 bits per heavy atom. The van der Waals surface area contributed by atoms with Crippen molar-refractivity contribution in [3.05, 3.63) is 309 Å². The lowest BCUT2D eigenvalue weighted by atomic mass is 9.33. The SMILES string of the molecule is [2H]c1c([2H])c([2H])c(-c2ccc3c(c2)N(c2cc(-c4ccccc4)cc(-c4ccccc4)c2)c2cc(C(C)(C)C)cc4c2B3c2ccc(-n3c5ccc(-n6c7ccccc7c7ccccc76)cc5c5c([2H])c([2H])c([2H])c([2H])c53)cc2N4c2cccc(-c3ccccc3)c2)c([2H])c1[2H]. The molecule has 0 unspecified atom stereocenters. The first-order valence-corrected chi connectivity index (χ1v) is 29.6. The smallest absolute Gasteiger partial charge is 0.252 e. The Balaban J connectivity index is 0.976. The van der Waals surface area contributed by atoms with Crippen LogP contribution in [0.1, 0.15) is 38.7 Å². The predicted molar refractivity (Wildman–Crippen MR) is 370 cm³/mol. The van der Waals surface area contributed by atoms with Crippen molar-refractivity contribution in [2.24, 2.45) is 0 Å². The van der Waals surface area contributed by atoms with E-state index in [0.717, 1.165) is 117 Å². The maximum Gasteiger partial charge on any atom is 0.252 e. The van der Waals surface area contributed by atoms with E-state index in [4.69, 9.17) is 5.48 Å². The normalized spacial score (nSPS) is 14.1. The maximum absolute atomic E-state index is 9.85. The summed E-state index contributed by atoms with van der Waals surface area (Å²) in [4.78, 5) is 4.70. The van der Waals surface area contributed by atoms with Crippen LogP contribution in [0, 0.1) is 0 Å². The van der Waals surface area contributed by atoms with Crippen LogP contribution in [0.5, 0.6) is 0 Å².